The zero-order valence-corrected chi connectivity index (χ0v) is 18.0. The molecule has 0 spiro atoms. The highest BCUT2D eigenvalue weighted by molar-refractivity contribution is 6.30. The monoisotopic (exact) mass is 446 g/mol. The van der Waals surface area contributed by atoms with E-state index in [0.717, 1.165) is 11.3 Å². The summed E-state index contributed by atoms with van der Waals surface area (Å²) in [5.74, 6) is 1.38. The van der Waals surface area contributed by atoms with Crippen LogP contribution in [0.2, 0.25) is 5.02 Å². The molecule has 0 atom stereocenters. The normalized spacial score (nSPS) is 13.8. The first-order valence-electron chi connectivity index (χ1n) is 9.84. The summed E-state index contributed by atoms with van der Waals surface area (Å²) in [5.41, 5.74) is 1.84. The van der Waals surface area contributed by atoms with Crippen LogP contribution in [0.4, 0.5) is 0 Å². The molecule has 0 N–H and O–H groups in total. The van der Waals surface area contributed by atoms with Crippen LogP contribution in [0.5, 0.6) is 17.2 Å². The number of Topliss-reactive ketones (excluding diaryl/α,β-unsaturated/α-hetero) is 2. The SMILES string of the molecule is COc1ccccc1C=CC=C1Oc2cc(OCC(=O)c3ccc(Cl)cc3)ccc2C1=O. The zero-order chi connectivity index (χ0) is 22.5. The number of benzene rings is 3. The Morgan fingerprint density at radius 1 is 1.06 bits per heavy atom. The van der Waals surface area contributed by atoms with Crippen LogP contribution in [0.3, 0.4) is 0 Å². The van der Waals surface area contributed by atoms with E-state index in [-0.39, 0.29) is 23.9 Å². The van der Waals surface area contributed by atoms with E-state index in [1.807, 2.05) is 30.3 Å². The molecule has 0 bridgehead atoms. The molecule has 3 aromatic carbocycles. The van der Waals surface area contributed by atoms with Crippen molar-refractivity contribution in [2.24, 2.45) is 0 Å². The third-order valence-electron chi connectivity index (χ3n) is 4.84. The lowest BCUT2D eigenvalue weighted by Gasteiger charge is -2.07. The van der Waals surface area contributed by atoms with Crippen LogP contribution < -0.4 is 14.2 Å². The summed E-state index contributed by atoms with van der Waals surface area (Å²) in [5, 5.41) is 0.560. The Bertz CT molecular complexity index is 1230. The van der Waals surface area contributed by atoms with Crippen LogP contribution in [0.1, 0.15) is 26.3 Å². The molecule has 0 saturated heterocycles. The van der Waals surface area contributed by atoms with E-state index < -0.39 is 0 Å². The number of carbonyl (C=O) groups is 2. The molecule has 0 amide bonds. The molecule has 4 rings (SSSR count). The molecule has 1 heterocycles. The predicted molar refractivity (Wildman–Crippen MR) is 123 cm³/mol. The van der Waals surface area contributed by atoms with Crippen LogP contribution in [-0.2, 0) is 0 Å². The van der Waals surface area contributed by atoms with Gasteiger partial charge in [0.15, 0.2) is 18.1 Å². The van der Waals surface area contributed by atoms with Gasteiger partial charge in [0.05, 0.1) is 12.7 Å². The molecule has 0 unspecified atom stereocenters. The molecule has 0 radical (unpaired) electrons. The minimum atomic E-state index is -0.214. The molecule has 1 aliphatic rings. The maximum absolute atomic E-state index is 12.6. The first-order chi connectivity index (χ1) is 15.5. The van der Waals surface area contributed by atoms with E-state index in [9.17, 15) is 9.59 Å². The topological polar surface area (TPSA) is 61.8 Å². The number of methoxy groups -OCH3 is 1. The van der Waals surface area contributed by atoms with Crippen molar-refractivity contribution in [2.75, 3.05) is 13.7 Å². The van der Waals surface area contributed by atoms with Crippen LogP contribution >= 0.6 is 11.6 Å². The summed E-state index contributed by atoms with van der Waals surface area (Å²) < 4.78 is 16.6. The fraction of sp³-hybridized carbons (Fsp3) is 0.0769. The fourth-order valence-electron chi connectivity index (χ4n) is 3.18. The average Bonchev–Trinajstić information content (AvgIpc) is 3.13. The van der Waals surface area contributed by atoms with E-state index >= 15 is 0 Å². The number of hydrogen-bond acceptors (Lipinski definition) is 5. The Morgan fingerprint density at radius 3 is 2.62 bits per heavy atom. The van der Waals surface area contributed by atoms with Gasteiger partial charge in [-0.05, 0) is 48.5 Å². The van der Waals surface area contributed by atoms with Gasteiger partial charge in [-0.1, -0.05) is 42.0 Å². The molecule has 0 fully saturated rings. The largest absolute Gasteiger partial charge is 0.496 e. The van der Waals surface area contributed by atoms with Crippen molar-refractivity contribution in [3.8, 4) is 17.2 Å². The molecular formula is C26H19ClO5. The first kappa shape index (κ1) is 21.4. The van der Waals surface area contributed by atoms with Gasteiger partial charge in [0.25, 0.3) is 0 Å². The molecule has 32 heavy (non-hydrogen) atoms. The zero-order valence-electron chi connectivity index (χ0n) is 17.2. The number of ketones is 2. The van der Waals surface area contributed by atoms with E-state index in [1.165, 1.54) is 0 Å². The molecule has 0 aliphatic carbocycles. The second kappa shape index (κ2) is 9.54. The Labute approximate surface area is 190 Å². The summed E-state index contributed by atoms with van der Waals surface area (Å²) in [6, 6.07) is 19.0. The van der Waals surface area contributed by atoms with Crippen LogP contribution in [0.25, 0.3) is 6.08 Å². The number of allylic oxidation sites excluding steroid dienone is 3. The number of fused-ring (bicyclic) bond motifs is 1. The van der Waals surface area contributed by atoms with Gasteiger partial charge in [-0.3, -0.25) is 9.59 Å². The number of para-hydroxylation sites is 1. The lowest BCUT2D eigenvalue weighted by Crippen LogP contribution is -2.11. The summed E-state index contributed by atoms with van der Waals surface area (Å²) in [6.45, 7) is -0.140. The quantitative estimate of drug-likeness (QED) is 0.340. The van der Waals surface area contributed by atoms with E-state index in [1.54, 1.807) is 61.7 Å². The highest BCUT2D eigenvalue weighted by atomic mass is 35.5. The van der Waals surface area contributed by atoms with Crippen molar-refractivity contribution in [3.63, 3.8) is 0 Å². The molecular weight excluding hydrogens is 428 g/mol. The Morgan fingerprint density at radius 2 is 1.84 bits per heavy atom. The molecule has 1 aliphatic heterocycles. The maximum Gasteiger partial charge on any atom is 0.231 e. The van der Waals surface area contributed by atoms with Crippen molar-refractivity contribution in [2.45, 2.75) is 0 Å². The lowest BCUT2D eigenvalue weighted by atomic mass is 10.1. The van der Waals surface area contributed by atoms with Gasteiger partial charge in [0.1, 0.15) is 17.2 Å². The summed E-state index contributed by atoms with van der Waals surface area (Å²) >= 11 is 5.85. The number of carbonyl (C=O) groups excluding carboxylic acids is 2. The molecule has 160 valence electrons. The van der Waals surface area contributed by atoms with Gasteiger partial charge in [-0.2, -0.15) is 0 Å². The third-order valence-corrected chi connectivity index (χ3v) is 5.09. The van der Waals surface area contributed by atoms with Crippen molar-refractivity contribution < 1.29 is 23.8 Å². The average molecular weight is 447 g/mol. The predicted octanol–water partition coefficient (Wildman–Crippen LogP) is 5.78. The number of hydrogen-bond donors (Lipinski definition) is 0. The lowest BCUT2D eigenvalue weighted by molar-refractivity contribution is 0.0921. The molecule has 0 aromatic heterocycles. The second-order valence-corrected chi connectivity index (χ2v) is 7.38. The fourth-order valence-corrected chi connectivity index (χ4v) is 3.31. The van der Waals surface area contributed by atoms with Crippen molar-refractivity contribution in [1.29, 1.82) is 0 Å². The van der Waals surface area contributed by atoms with Gasteiger partial charge in [-0.15, -0.1) is 0 Å². The third kappa shape index (κ3) is 4.74. The highest BCUT2D eigenvalue weighted by Crippen LogP contribution is 2.34. The molecule has 6 heteroatoms. The van der Waals surface area contributed by atoms with Crippen LogP contribution in [-0.4, -0.2) is 25.3 Å². The van der Waals surface area contributed by atoms with Gasteiger partial charge >= 0.3 is 0 Å². The van der Waals surface area contributed by atoms with Crippen LogP contribution in [0.15, 0.2) is 84.6 Å². The number of ether oxygens (including phenoxy) is 3. The Kier molecular flexibility index (Phi) is 6.38. The minimum absolute atomic E-state index is 0.140. The Balaban J connectivity index is 1.42. The molecule has 3 aromatic rings. The first-order valence-corrected chi connectivity index (χ1v) is 10.2. The van der Waals surface area contributed by atoms with E-state index in [2.05, 4.69) is 0 Å². The van der Waals surface area contributed by atoms with Crippen molar-refractivity contribution in [1.82, 2.24) is 0 Å². The smallest absolute Gasteiger partial charge is 0.231 e. The van der Waals surface area contributed by atoms with E-state index in [4.69, 9.17) is 25.8 Å². The van der Waals surface area contributed by atoms with Gasteiger partial charge in [0.2, 0.25) is 5.78 Å². The standard InChI is InChI=1S/C26H19ClO5/c1-30-23-7-3-2-5-18(23)6-4-8-24-26(29)21-14-13-20(15-25(21)32-24)31-16-22(28)17-9-11-19(27)12-10-17/h2-15H,16H2,1H3. The summed E-state index contributed by atoms with van der Waals surface area (Å²) in [7, 11) is 1.61. The number of rotatable bonds is 7. The maximum atomic E-state index is 12.6. The van der Waals surface area contributed by atoms with Crippen molar-refractivity contribution in [3.05, 3.63) is 106 Å². The summed E-state index contributed by atoms with van der Waals surface area (Å²) in [6.07, 6.45) is 5.18. The summed E-state index contributed by atoms with van der Waals surface area (Å²) in [4.78, 5) is 24.9. The van der Waals surface area contributed by atoms with E-state index in [0.29, 0.717) is 27.6 Å². The van der Waals surface area contributed by atoms with Crippen molar-refractivity contribution >= 4 is 29.2 Å². The van der Waals surface area contributed by atoms with Crippen LogP contribution in [0, 0.1) is 0 Å². The second-order valence-electron chi connectivity index (χ2n) is 6.94. The van der Waals surface area contributed by atoms with Gasteiger partial charge < -0.3 is 14.2 Å². The van der Waals surface area contributed by atoms with Gasteiger partial charge in [-0.25, -0.2) is 0 Å². The van der Waals surface area contributed by atoms with Gasteiger partial charge in [0, 0.05) is 22.2 Å². The molecule has 0 saturated carbocycles. The minimum Gasteiger partial charge on any atom is -0.496 e. The Hall–Kier alpha value is -3.83. The molecule has 5 nitrogen and oxygen atoms in total. The highest BCUT2D eigenvalue weighted by Gasteiger charge is 2.27. The number of halogens is 1.